The Morgan fingerprint density at radius 3 is 2.87 bits per heavy atom. The molecule has 0 fully saturated rings. The maximum absolute atomic E-state index is 8.71. The van der Waals surface area contributed by atoms with E-state index in [4.69, 9.17) is 16.7 Å². The largest absolute Gasteiger partial charge is 0.396 e. The molecule has 0 saturated carbocycles. The van der Waals surface area contributed by atoms with Crippen molar-refractivity contribution in [2.75, 3.05) is 6.61 Å². The van der Waals surface area contributed by atoms with Crippen molar-refractivity contribution in [1.29, 1.82) is 0 Å². The monoisotopic (exact) mass is 224 g/mol. The van der Waals surface area contributed by atoms with Crippen LogP contribution in [0.25, 0.3) is 5.69 Å². The van der Waals surface area contributed by atoms with E-state index in [1.165, 1.54) is 4.80 Å². The summed E-state index contributed by atoms with van der Waals surface area (Å²) in [4.78, 5) is 1.35. The van der Waals surface area contributed by atoms with Crippen molar-refractivity contribution in [1.82, 2.24) is 20.2 Å². The van der Waals surface area contributed by atoms with E-state index in [-0.39, 0.29) is 6.61 Å². The number of rotatable bonds is 3. The number of hydrogen-bond acceptors (Lipinski definition) is 4. The molecule has 2 rings (SSSR count). The van der Waals surface area contributed by atoms with Crippen molar-refractivity contribution in [3.05, 3.63) is 35.1 Å². The highest BCUT2D eigenvalue weighted by Gasteiger charge is 2.06. The average molecular weight is 225 g/mol. The van der Waals surface area contributed by atoms with Crippen molar-refractivity contribution < 1.29 is 5.11 Å². The van der Waals surface area contributed by atoms with Gasteiger partial charge >= 0.3 is 0 Å². The van der Waals surface area contributed by atoms with E-state index in [0.717, 1.165) is 0 Å². The minimum atomic E-state index is 0.00815. The van der Waals surface area contributed by atoms with Crippen molar-refractivity contribution in [3.8, 4) is 5.69 Å². The van der Waals surface area contributed by atoms with Crippen LogP contribution in [0, 0.1) is 0 Å². The first kappa shape index (κ1) is 10.1. The first-order chi connectivity index (χ1) is 7.31. The lowest BCUT2D eigenvalue weighted by Gasteiger charge is -1.99. The zero-order valence-corrected chi connectivity index (χ0v) is 8.59. The van der Waals surface area contributed by atoms with Gasteiger partial charge < -0.3 is 5.11 Å². The molecule has 0 atom stereocenters. The molecule has 0 spiro atoms. The smallest absolute Gasteiger partial charge is 0.177 e. The van der Waals surface area contributed by atoms with Gasteiger partial charge in [0.2, 0.25) is 0 Å². The van der Waals surface area contributed by atoms with E-state index in [1.807, 2.05) is 12.1 Å². The second-order valence-electron chi connectivity index (χ2n) is 2.92. The summed E-state index contributed by atoms with van der Waals surface area (Å²) in [6, 6.07) is 7.23. The summed E-state index contributed by atoms with van der Waals surface area (Å²) < 4.78 is 0. The fourth-order valence-electron chi connectivity index (χ4n) is 1.16. The molecule has 0 aliphatic carbocycles. The molecule has 1 aromatic carbocycles. The summed E-state index contributed by atoms with van der Waals surface area (Å²) in [7, 11) is 0. The Hall–Kier alpha value is -1.46. The molecule has 78 valence electrons. The Labute approximate surface area is 91.3 Å². The highest BCUT2D eigenvalue weighted by atomic mass is 35.5. The number of hydrogen-bond donors (Lipinski definition) is 1. The number of benzene rings is 1. The molecule has 1 aromatic heterocycles. The minimum absolute atomic E-state index is 0.00815. The number of tetrazole rings is 1. The molecule has 0 aliphatic rings. The number of aromatic nitrogens is 4. The van der Waals surface area contributed by atoms with Crippen LogP contribution >= 0.6 is 11.6 Å². The second-order valence-corrected chi connectivity index (χ2v) is 3.33. The highest BCUT2D eigenvalue weighted by molar-refractivity contribution is 6.32. The van der Waals surface area contributed by atoms with Gasteiger partial charge in [0.05, 0.1) is 11.6 Å². The molecular formula is C9H9ClN4O. The lowest BCUT2D eigenvalue weighted by molar-refractivity contribution is 0.296. The molecule has 5 nitrogen and oxygen atoms in total. The van der Waals surface area contributed by atoms with E-state index in [9.17, 15) is 0 Å². The quantitative estimate of drug-likeness (QED) is 0.840. The molecule has 0 radical (unpaired) electrons. The number of halogens is 1. The number of aliphatic hydroxyl groups excluding tert-OH is 1. The lowest BCUT2D eigenvalue weighted by Crippen LogP contribution is -2.00. The van der Waals surface area contributed by atoms with Crippen molar-refractivity contribution in [3.63, 3.8) is 0 Å². The van der Waals surface area contributed by atoms with Crippen LogP contribution in [-0.2, 0) is 6.42 Å². The second kappa shape index (κ2) is 4.37. The standard InChI is InChI=1S/C9H9ClN4O/c10-7-3-1-2-4-8(7)14-12-9(5-6-15)11-13-14/h1-4,15H,5-6H2. The molecule has 0 aliphatic heterocycles. The van der Waals surface area contributed by atoms with Gasteiger partial charge in [-0.05, 0) is 17.3 Å². The van der Waals surface area contributed by atoms with Crippen molar-refractivity contribution >= 4 is 11.6 Å². The first-order valence-electron chi connectivity index (χ1n) is 4.46. The van der Waals surface area contributed by atoms with E-state index in [0.29, 0.717) is 23.0 Å². The van der Waals surface area contributed by atoms with Crippen LogP contribution in [0.4, 0.5) is 0 Å². The number of para-hydroxylation sites is 1. The van der Waals surface area contributed by atoms with Crippen LogP contribution in [0.5, 0.6) is 0 Å². The van der Waals surface area contributed by atoms with Gasteiger partial charge in [0, 0.05) is 6.42 Å². The lowest BCUT2D eigenvalue weighted by atomic mass is 10.3. The van der Waals surface area contributed by atoms with Gasteiger partial charge in [-0.2, -0.15) is 0 Å². The summed E-state index contributed by atoms with van der Waals surface area (Å²) in [6.07, 6.45) is 0.393. The van der Waals surface area contributed by atoms with Gasteiger partial charge in [0.25, 0.3) is 0 Å². The molecule has 6 heteroatoms. The van der Waals surface area contributed by atoms with Gasteiger partial charge in [0.15, 0.2) is 5.82 Å². The zero-order valence-electron chi connectivity index (χ0n) is 7.84. The summed E-state index contributed by atoms with van der Waals surface area (Å²) in [5, 5.41) is 21.0. The van der Waals surface area contributed by atoms with Gasteiger partial charge in [-0.1, -0.05) is 23.7 Å². The Balaban J connectivity index is 2.33. The van der Waals surface area contributed by atoms with Crippen LogP contribution < -0.4 is 0 Å². The van der Waals surface area contributed by atoms with Crippen LogP contribution in [0.1, 0.15) is 5.82 Å². The van der Waals surface area contributed by atoms with Crippen molar-refractivity contribution in [2.45, 2.75) is 6.42 Å². The molecule has 1 heterocycles. The predicted octanol–water partition coefficient (Wildman–Crippen LogP) is 0.851. The Morgan fingerprint density at radius 2 is 2.13 bits per heavy atom. The average Bonchev–Trinajstić information content (AvgIpc) is 2.68. The van der Waals surface area contributed by atoms with Gasteiger partial charge in [-0.3, -0.25) is 0 Å². The third-order valence-electron chi connectivity index (χ3n) is 1.86. The fraction of sp³-hybridized carbons (Fsp3) is 0.222. The van der Waals surface area contributed by atoms with Crippen LogP contribution in [0.15, 0.2) is 24.3 Å². The molecule has 15 heavy (non-hydrogen) atoms. The van der Waals surface area contributed by atoms with Crippen LogP contribution in [0.2, 0.25) is 5.02 Å². The van der Waals surface area contributed by atoms with E-state index in [1.54, 1.807) is 12.1 Å². The first-order valence-corrected chi connectivity index (χ1v) is 4.83. The molecule has 2 aromatic rings. The Morgan fingerprint density at radius 1 is 1.33 bits per heavy atom. The molecular weight excluding hydrogens is 216 g/mol. The maximum atomic E-state index is 8.71. The van der Waals surface area contributed by atoms with Crippen LogP contribution in [0.3, 0.4) is 0 Å². The molecule has 0 amide bonds. The van der Waals surface area contributed by atoms with Crippen LogP contribution in [-0.4, -0.2) is 31.9 Å². The number of nitrogens with zero attached hydrogens (tertiary/aromatic N) is 4. The molecule has 0 unspecified atom stereocenters. The SMILES string of the molecule is OCCc1nnn(-c2ccccc2Cl)n1. The normalized spacial score (nSPS) is 10.5. The fourth-order valence-corrected chi connectivity index (χ4v) is 1.37. The van der Waals surface area contributed by atoms with Gasteiger partial charge in [-0.15, -0.1) is 15.0 Å². The summed E-state index contributed by atoms with van der Waals surface area (Å²) >= 11 is 5.97. The maximum Gasteiger partial charge on any atom is 0.177 e. The zero-order chi connectivity index (χ0) is 10.7. The Kier molecular flexibility index (Phi) is 2.94. The molecule has 0 saturated heterocycles. The minimum Gasteiger partial charge on any atom is -0.396 e. The third kappa shape index (κ3) is 2.14. The molecule has 1 N–H and O–H groups in total. The topological polar surface area (TPSA) is 63.8 Å². The third-order valence-corrected chi connectivity index (χ3v) is 2.18. The van der Waals surface area contributed by atoms with E-state index < -0.39 is 0 Å². The van der Waals surface area contributed by atoms with E-state index >= 15 is 0 Å². The van der Waals surface area contributed by atoms with Gasteiger partial charge in [0.1, 0.15) is 5.69 Å². The Bertz CT molecular complexity index is 457. The summed E-state index contributed by atoms with van der Waals surface area (Å²) in [5.74, 6) is 0.498. The number of aliphatic hydroxyl groups is 1. The predicted molar refractivity (Wildman–Crippen MR) is 55.0 cm³/mol. The molecule has 0 bridgehead atoms. The summed E-state index contributed by atoms with van der Waals surface area (Å²) in [6.45, 7) is 0.00815. The van der Waals surface area contributed by atoms with Crippen molar-refractivity contribution in [2.24, 2.45) is 0 Å². The summed E-state index contributed by atoms with van der Waals surface area (Å²) in [5.41, 5.74) is 0.677. The van der Waals surface area contributed by atoms with E-state index in [2.05, 4.69) is 15.4 Å². The van der Waals surface area contributed by atoms with Gasteiger partial charge in [-0.25, -0.2) is 0 Å². The highest BCUT2D eigenvalue weighted by Crippen LogP contribution is 2.17.